The van der Waals surface area contributed by atoms with E-state index >= 15 is 0 Å². The second-order valence-electron chi connectivity index (χ2n) is 13.5. The average Bonchev–Trinajstić information content (AvgIpc) is 3.69. The zero-order chi connectivity index (χ0) is 32.4. The van der Waals surface area contributed by atoms with Gasteiger partial charge >= 0.3 is 0 Å². The van der Waals surface area contributed by atoms with E-state index in [4.69, 9.17) is 19.4 Å². The number of aromatic nitrogens is 3. The Labute approximate surface area is 285 Å². The fraction of sp³-hybridized carbons (Fsp3) is 0.133. The fourth-order valence-corrected chi connectivity index (χ4v) is 8.48. The molecule has 6 aromatic carbocycles. The Morgan fingerprint density at radius 1 is 0.408 bits per heavy atom. The maximum absolute atomic E-state index is 6.91. The van der Waals surface area contributed by atoms with Crippen LogP contribution in [0.25, 0.3) is 78.4 Å². The van der Waals surface area contributed by atoms with Crippen LogP contribution in [-0.2, 0) is 5.41 Å². The summed E-state index contributed by atoms with van der Waals surface area (Å²) in [6, 6.07) is 49.2. The molecule has 2 heterocycles. The third-order valence-corrected chi connectivity index (χ3v) is 10.8. The Balaban J connectivity index is 1.15. The molecule has 49 heavy (non-hydrogen) atoms. The van der Waals surface area contributed by atoms with Crippen LogP contribution in [0.5, 0.6) is 0 Å². The summed E-state index contributed by atoms with van der Waals surface area (Å²) in [5.74, 6) is 1.85. The lowest BCUT2D eigenvalue weighted by atomic mass is 9.68. The lowest BCUT2D eigenvalue weighted by Crippen LogP contribution is -2.27. The van der Waals surface area contributed by atoms with Gasteiger partial charge in [-0.25, -0.2) is 15.0 Å². The van der Waals surface area contributed by atoms with Gasteiger partial charge in [-0.1, -0.05) is 147 Å². The Morgan fingerprint density at radius 2 is 0.959 bits per heavy atom. The van der Waals surface area contributed by atoms with Crippen molar-refractivity contribution in [2.75, 3.05) is 0 Å². The Kier molecular flexibility index (Phi) is 6.38. The van der Waals surface area contributed by atoms with Gasteiger partial charge in [-0.05, 0) is 52.8 Å². The molecule has 1 saturated carbocycles. The molecule has 1 fully saturated rings. The molecular weight excluding hydrogens is 599 g/mol. The van der Waals surface area contributed by atoms with Gasteiger partial charge in [-0.15, -0.1) is 0 Å². The van der Waals surface area contributed by atoms with Crippen LogP contribution in [0.3, 0.4) is 0 Å². The highest BCUT2D eigenvalue weighted by molar-refractivity contribution is 6.13. The summed E-state index contributed by atoms with van der Waals surface area (Å²) < 4.78 is 6.91. The first kappa shape index (κ1) is 28.2. The first-order valence-corrected chi connectivity index (χ1v) is 17.3. The molecule has 1 spiro atoms. The normalized spacial score (nSPS) is 14.7. The SMILES string of the molecule is c1ccc(-c2nc(-c3ccccc3)nc(-c3cccc4c3oc3c(-c5ccc6c(c5)-c5ccccc5C65CCCCC5)cccc34)n2)cc1. The van der Waals surface area contributed by atoms with Crippen molar-refractivity contribution in [3.05, 3.63) is 151 Å². The van der Waals surface area contributed by atoms with E-state index in [-0.39, 0.29) is 5.41 Å². The largest absolute Gasteiger partial charge is 0.455 e. The van der Waals surface area contributed by atoms with Gasteiger partial charge in [0.25, 0.3) is 0 Å². The van der Waals surface area contributed by atoms with Crippen molar-refractivity contribution in [3.8, 4) is 56.4 Å². The van der Waals surface area contributed by atoms with E-state index in [1.165, 1.54) is 59.9 Å². The number of rotatable bonds is 4. The monoisotopic (exact) mass is 631 g/mol. The molecule has 0 aliphatic heterocycles. The van der Waals surface area contributed by atoms with E-state index in [0.717, 1.165) is 44.2 Å². The zero-order valence-corrected chi connectivity index (χ0v) is 27.1. The summed E-state index contributed by atoms with van der Waals surface area (Å²) in [6.07, 6.45) is 6.37. The van der Waals surface area contributed by atoms with E-state index < -0.39 is 0 Å². The first-order valence-electron chi connectivity index (χ1n) is 17.3. The predicted octanol–water partition coefficient (Wildman–Crippen LogP) is 11.7. The smallest absolute Gasteiger partial charge is 0.167 e. The van der Waals surface area contributed by atoms with Crippen molar-refractivity contribution >= 4 is 21.9 Å². The van der Waals surface area contributed by atoms with E-state index in [1.807, 2.05) is 60.7 Å². The summed E-state index contributed by atoms with van der Waals surface area (Å²) in [6.45, 7) is 0. The van der Waals surface area contributed by atoms with Crippen molar-refractivity contribution in [3.63, 3.8) is 0 Å². The van der Waals surface area contributed by atoms with Crippen LogP contribution in [0.2, 0.25) is 0 Å². The number of fused-ring (bicyclic) bond motifs is 8. The molecule has 2 aromatic heterocycles. The van der Waals surface area contributed by atoms with Gasteiger partial charge in [0.05, 0.1) is 5.56 Å². The predicted molar refractivity (Wildman–Crippen MR) is 198 cm³/mol. The van der Waals surface area contributed by atoms with E-state index in [9.17, 15) is 0 Å². The Morgan fingerprint density at radius 3 is 1.65 bits per heavy atom. The molecule has 0 radical (unpaired) electrons. The second kappa shape index (κ2) is 11.1. The van der Waals surface area contributed by atoms with Crippen LogP contribution in [0.15, 0.2) is 144 Å². The molecule has 8 aromatic rings. The van der Waals surface area contributed by atoms with Crippen molar-refractivity contribution in [2.24, 2.45) is 0 Å². The molecule has 234 valence electrons. The van der Waals surface area contributed by atoms with Gasteiger partial charge in [0.15, 0.2) is 17.5 Å². The van der Waals surface area contributed by atoms with Gasteiger partial charge in [0.2, 0.25) is 0 Å². The molecule has 2 aliphatic rings. The number of hydrogen-bond donors (Lipinski definition) is 0. The minimum absolute atomic E-state index is 0.144. The summed E-state index contributed by atoms with van der Waals surface area (Å²) in [4.78, 5) is 14.9. The molecule has 0 bridgehead atoms. The van der Waals surface area contributed by atoms with Crippen LogP contribution in [0, 0.1) is 0 Å². The molecule has 2 aliphatic carbocycles. The second-order valence-corrected chi connectivity index (χ2v) is 13.5. The molecule has 0 unspecified atom stereocenters. The summed E-state index contributed by atoms with van der Waals surface area (Å²) >= 11 is 0. The topological polar surface area (TPSA) is 51.8 Å². The van der Waals surface area contributed by atoms with Crippen molar-refractivity contribution in [1.29, 1.82) is 0 Å². The number of nitrogens with zero attached hydrogens (tertiary/aromatic N) is 3. The highest BCUT2D eigenvalue weighted by atomic mass is 16.3. The Bertz CT molecular complexity index is 2470. The maximum atomic E-state index is 6.91. The van der Waals surface area contributed by atoms with Gasteiger partial charge < -0.3 is 4.42 Å². The van der Waals surface area contributed by atoms with Gasteiger partial charge in [0, 0.05) is 32.9 Å². The van der Waals surface area contributed by atoms with Gasteiger partial charge in [-0.3, -0.25) is 0 Å². The van der Waals surface area contributed by atoms with Crippen LogP contribution in [0.4, 0.5) is 0 Å². The quantitative estimate of drug-likeness (QED) is 0.194. The molecule has 0 saturated heterocycles. The van der Waals surface area contributed by atoms with Gasteiger partial charge in [-0.2, -0.15) is 0 Å². The van der Waals surface area contributed by atoms with Crippen molar-refractivity contribution in [2.45, 2.75) is 37.5 Å². The Hall–Kier alpha value is -5.87. The molecule has 0 N–H and O–H groups in total. The van der Waals surface area contributed by atoms with E-state index in [2.05, 4.69) is 78.9 Å². The van der Waals surface area contributed by atoms with Gasteiger partial charge in [0.1, 0.15) is 11.2 Å². The van der Waals surface area contributed by atoms with Crippen LogP contribution >= 0.6 is 0 Å². The summed E-state index contributed by atoms with van der Waals surface area (Å²) in [5.41, 5.74) is 12.6. The molecule has 10 rings (SSSR count). The van der Waals surface area contributed by atoms with Crippen molar-refractivity contribution < 1.29 is 4.42 Å². The standard InChI is InChI=1S/C45H33N3O/c1-4-14-29(15-5-1)42-46-43(30-16-6-2-7-17-30)48-44(47-42)36-22-13-21-35-34-20-12-19-32(40(34)49-41(35)36)31-24-25-39-37(28-31)33-18-8-9-23-38(33)45(39)26-10-3-11-27-45/h1-2,4-9,12-25,28H,3,10-11,26-27H2. The first-order chi connectivity index (χ1) is 24.3. The third kappa shape index (κ3) is 4.40. The number of furan rings is 1. The zero-order valence-electron chi connectivity index (χ0n) is 27.1. The van der Waals surface area contributed by atoms with E-state index in [0.29, 0.717) is 17.5 Å². The van der Waals surface area contributed by atoms with Crippen LogP contribution in [-0.4, -0.2) is 15.0 Å². The number of para-hydroxylation sites is 2. The maximum Gasteiger partial charge on any atom is 0.167 e. The molecule has 0 amide bonds. The highest BCUT2D eigenvalue weighted by Gasteiger charge is 2.43. The average molecular weight is 632 g/mol. The fourth-order valence-electron chi connectivity index (χ4n) is 8.48. The number of hydrogen-bond acceptors (Lipinski definition) is 4. The molecule has 0 atom stereocenters. The minimum atomic E-state index is 0.144. The van der Waals surface area contributed by atoms with Crippen LogP contribution in [0.1, 0.15) is 43.2 Å². The molecule has 4 nitrogen and oxygen atoms in total. The molecule has 4 heteroatoms. The van der Waals surface area contributed by atoms with Crippen LogP contribution < -0.4 is 0 Å². The number of benzene rings is 6. The molecular formula is C45H33N3O. The van der Waals surface area contributed by atoms with E-state index in [1.54, 1.807) is 0 Å². The highest BCUT2D eigenvalue weighted by Crippen LogP contribution is 2.56. The van der Waals surface area contributed by atoms with Crippen molar-refractivity contribution in [1.82, 2.24) is 15.0 Å². The minimum Gasteiger partial charge on any atom is -0.455 e. The lowest BCUT2D eigenvalue weighted by molar-refractivity contribution is 0.353. The summed E-state index contributed by atoms with van der Waals surface area (Å²) in [5, 5.41) is 2.13. The summed E-state index contributed by atoms with van der Waals surface area (Å²) in [7, 11) is 0. The lowest BCUT2D eigenvalue weighted by Gasteiger charge is -2.36. The third-order valence-electron chi connectivity index (χ3n) is 10.8.